The number of aryl methyl sites for hydroxylation is 4. The Labute approximate surface area is 737 Å². The first-order valence-corrected chi connectivity index (χ1v) is 41.9. The van der Waals surface area contributed by atoms with Gasteiger partial charge in [0, 0.05) is 105 Å². The highest BCUT2D eigenvalue weighted by Gasteiger charge is 2.33. The zero-order valence-electron chi connectivity index (χ0n) is 71.8. The van der Waals surface area contributed by atoms with Crippen molar-refractivity contribution in [2.24, 2.45) is 28.2 Å². The summed E-state index contributed by atoms with van der Waals surface area (Å²) in [7, 11) is 6.56. The molecule has 6 aromatic carbocycles. The van der Waals surface area contributed by atoms with Gasteiger partial charge in [0.25, 0.3) is 41.5 Å². The fraction of sp³-hybridized carbons (Fsp3) is 0.292. The number of ether oxygens (including phenoxy) is 1. The molecule has 17 rings (SSSR count). The summed E-state index contributed by atoms with van der Waals surface area (Å²) in [5, 5.41) is 14.9. The van der Waals surface area contributed by atoms with Crippen LogP contribution < -0.4 is 43.5 Å². The smallest absolute Gasteiger partial charge is 0.376 e. The number of hydrogen-bond acceptors (Lipinski definition) is 18. The molecule has 0 saturated heterocycles. The monoisotopic (exact) mass is 1790 g/mol. The molecule has 4 atom stereocenters. The van der Waals surface area contributed by atoms with Gasteiger partial charge in [0.15, 0.2) is 0 Å². The van der Waals surface area contributed by atoms with Gasteiger partial charge in [-0.3, -0.25) is 42.3 Å². The Balaban J connectivity index is 0.000000140. The number of aromatic nitrogens is 12. The van der Waals surface area contributed by atoms with E-state index in [2.05, 4.69) is 72.1 Å². The third-order valence-corrected chi connectivity index (χ3v) is 23.5. The fourth-order valence-electron chi connectivity index (χ4n) is 16.1. The number of rotatable bonds is 22. The van der Waals surface area contributed by atoms with E-state index in [0.717, 1.165) is 72.1 Å². The Hall–Kier alpha value is -13.8. The van der Waals surface area contributed by atoms with Gasteiger partial charge in [-0.05, 0) is 118 Å². The molecule has 0 radical (unpaired) electrons. The van der Waals surface area contributed by atoms with E-state index in [1.165, 1.54) is 105 Å². The third kappa shape index (κ3) is 20.4. The van der Waals surface area contributed by atoms with E-state index in [4.69, 9.17) is 4.74 Å². The number of benzene rings is 6. The molecule has 22 nitrogen and oxygen atoms in total. The largest absolute Gasteiger partial charge is 0.416 e. The number of anilines is 4. The maximum Gasteiger partial charge on any atom is 0.416 e. The Morgan fingerprint density at radius 2 is 0.792 bits per heavy atom. The molecule has 3 aliphatic rings. The molecule has 8 aromatic heterocycles. The fourth-order valence-corrected chi connectivity index (χ4v) is 16.1. The first kappa shape index (κ1) is 92.4. The SMILES string of the molecule is C[C@@H](Nc1ncnc2c1cc(C1=CCCOC1)c(=O)n2C)c1cccc(C(F)F)c1F.C[C@@H](Nc1ncnc2c1cc(C1=CCN(C3CCC3)CC1)c(=O)n2C)c1cccc(C(F)F)c1F.C[C@@H](Nc1ncnc2c1cc(Cc1ccccc1)c(=O)n2C)c1cccc(C(F)(F)F)c1.C[C@@H](Nc1ncnc2c1cc(Cc1ccccc1)c(=O)n2C)c1cccc(C(F)F)c1F. The van der Waals surface area contributed by atoms with Crippen LogP contribution in [0.15, 0.2) is 220 Å². The van der Waals surface area contributed by atoms with Crippen LogP contribution in [0.3, 0.4) is 0 Å². The Morgan fingerprint density at radius 3 is 1.15 bits per heavy atom. The van der Waals surface area contributed by atoms with Crippen LogP contribution in [-0.2, 0) is 51.9 Å². The first-order chi connectivity index (χ1) is 62.3. The summed E-state index contributed by atoms with van der Waals surface area (Å²) in [6, 6.07) is 41.4. The van der Waals surface area contributed by atoms with Gasteiger partial charge >= 0.3 is 6.18 Å². The predicted molar refractivity (Wildman–Crippen MR) is 476 cm³/mol. The average Bonchev–Trinajstić information content (AvgIpc) is 0.785. The lowest BCUT2D eigenvalue weighted by molar-refractivity contribution is -0.137. The summed E-state index contributed by atoms with van der Waals surface area (Å²) < 4.78 is 173. The van der Waals surface area contributed by atoms with Crippen LogP contribution >= 0.6 is 0 Å². The van der Waals surface area contributed by atoms with Crippen LogP contribution in [0.1, 0.15) is 181 Å². The van der Waals surface area contributed by atoms with E-state index in [1.807, 2.05) is 66.7 Å². The molecule has 0 bridgehead atoms. The summed E-state index contributed by atoms with van der Waals surface area (Å²) in [4.78, 5) is 88.3. The van der Waals surface area contributed by atoms with Gasteiger partial charge < -0.3 is 26.0 Å². The molecule has 0 amide bonds. The van der Waals surface area contributed by atoms with E-state index in [0.29, 0.717) is 134 Å². The van der Waals surface area contributed by atoms with Crippen molar-refractivity contribution in [3.63, 3.8) is 0 Å². The highest BCUT2D eigenvalue weighted by molar-refractivity contribution is 5.92. The number of alkyl halides is 9. The molecule has 130 heavy (non-hydrogen) atoms. The predicted octanol–water partition coefficient (Wildman–Crippen LogP) is 19.9. The number of halogens is 12. The molecule has 4 N–H and O–H groups in total. The number of nitrogens with zero attached hydrogens (tertiary/aromatic N) is 13. The molecular formula is C96H91F12N17O5. The molecule has 0 spiro atoms. The van der Waals surface area contributed by atoms with E-state index in [1.54, 1.807) is 86.2 Å². The summed E-state index contributed by atoms with van der Waals surface area (Å²) in [6.45, 7) is 9.45. The number of hydrogen-bond donors (Lipinski definition) is 4. The molecule has 2 aliphatic heterocycles. The lowest BCUT2D eigenvalue weighted by Crippen LogP contribution is -2.42. The van der Waals surface area contributed by atoms with Crippen molar-refractivity contribution in [3.8, 4) is 0 Å². The van der Waals surface area contributed by atoms with Crippen LogP contribution in [-0.4, -0.2) is 95.4 Å². The highest BCUT2D eigenvalue weighted by atomic mass is 19.4. The second-order valence-corrected chi connectivity index (χ2v) is 31.9. The van der Waals surface area contributed by atoms with Crippen molar-refractivity contribution in [3.05, 3.63) is 338 Å². The van der Waals surface area contributed by atoms with Crippen LogP contribution in [0, 0.1) is 17.5 Å². The van der Waals surface area contributed by atoms with Crippen molar-refractivity contribution in [2.45, 2.75) is 128 Å². The summed E-state index contributed by atoms with van der Waals surface area (Å²) in [5.74, 6) is -1.22. The van der Waals surface area contributed by atoms with E-state index in [-0.39, 0.29) is 38.9 Å². The topological polar surface area (TPSA) is 252 Å². The van der Waals surface area contributed by atoms with Gasteiger partial charge in [0.1, 0.15) is 88.6 Å². The minimum absolute atomic E-state index is 0.0954. The second-order valence-electron chi connectivity index (χ2n) is 31.9. The van der Waals surface area contributed by atoms with E-state index in [9.17, 15) is 71.9 Å². The molecule has 1 aliphatic carbocycles. The maximum atomic E-state index is 14.7. The number of pyridine rings is 4. The lowest BCUT2D eigenvalue weighted by Gasteiger charge is -2.39. The zero-order chi connectivity index (χ0) is 92.5. The van der Waals surface area contributed by atoms with Gasteiger partial charge in [0.05, 0.1) is 75.1 Å². The summed E-state index contributed by atoms with van der Waals surface area (Å²) in [5.41, 5.74) is 5.17. The van der Waals surface area contributed by atoms with Crippen molar-refractivity contribution in [1.82, 2.24) is 63.0 Å². The van der Waals surface area contributed by atoms with Crippen LogP contribution in [0.5, 0.6) is 0 Å². The third-order valence-electron chi connectivity index (χ3n) is 23.5. The molecule has 10 heterocycles. The highest BCUT2D eigenvalue weighted by Crippen LogP contribution is 2.38. The average molecular weight is 1790 g/mol. The van der Waals surface area contributed by atoms with E-state index >= 15 is 0 Å². The van der Waals surface area contributed by atoms with Crippen molar-refractivity contribution >= 4 is 78.6 Å². The quantitative estimate of drug-likeness (QED) is 0.0460. The van der Waals surface area contributed by atoms with Crippen LogP contribution in [0.2, 0.25) is 0 Å². The standard InChI is InChI=1S/C26H28F3N5O.2C24H21F3N4O.C22H21F3N4O2/c1-15(18-7-4-8-19(22(18)27)23(28)29)32-24-21-13-20(26(35)33(2)25(21)31-14-30-24)16-9-11-34(12-10-16)17-5-3-6-17;1-15(17-9-6-10-19(12-17)24(25,26)27)30-21-20-13-18(11-16-7-4-3-5-8-16)23(32)31(2)22(20)29-14-28-21;1-14(17-9-6-10-18(20(17)25)21(26)27)30-22-19-12-16(11-15-7-4-3-5-8-15)24(32)31(2)23(19)29-13-28-22;1-12(14-6-3-7-15(18(14)23)19(24)25)28-20-17-9-16(13-5-4-8-31-10-13)22(30)29(2)21(17)27-11-26-20/h4,7-9,13-15,17,23H,3,5-6,10-12H2,1-2H3,(H,30,31,32);3-10,12-15H,11H2,1-2H3,(H,28,29,30);3-10,12-14,21H,11H2,1-2H3,(H,28,29,30);3,5-7,9,11-12,19H,4,8,10H2,1-2H3,(H,26,27,28)/t2*15-;14-;12-/m1111/s1. The van der Waals surface area contributed by atoms with Gasteiger partial charge in [-0.15, -0.1) is 0 Å². The molecular weight excluding hydrogens is 1700 g/mol. The molecule has 1 fully saturated rings. The minimum atomic E-state index is -4.41. The first-order valence-electron chi connectivity index (χ1n) is 41.9. The van der Waals surface area contributed by atoms with Gasteiger partial charge in [-0.1, -0.05) is 146 Å². The molecule has 14 aromatic rings. The summed E-state index contributed by atoms with van der Waals surface area (Å²) >= 11 is 0. The van der Waals surface area contributed by atoms with Gasteiger partial charge in [0.2, 0.25) is 0 Å². The van der Waals surface area contributed by atoms with Crippen molar-refractivity contribution < 1.29 is 57.4 Å². The maximum absolute atomic E-state index is 14.7. The molecule has 34 heteroatoms. The van der Waals surface area contributed by atoms with Gasteiger partial charge in [-0.2, -0.15) is 13.2 Å². The second kappa shape index (κ2) is 40.3. The molecule has 674 valence electrons. The molecule has 0 unspecified atom stereocenters. The Bertz CT molecular complexity index is 6830. The van der Waals surface area contributed by atoms with Crippen LogP contribution in [0.25, 0.3) is 55.3 Å². The number of fused-ring (bicyclic) bond motifs is 4. The lowest BCUT2D eigenvalue weighted by atomic mass is 9.89. The zero-order valence-corrected chi connectivity index (χ0v) is 71.8. The molecule has 1 saturated carbocycles. The summed E-state index contributed by atoms with van der Waals surface area (Å²) in [6.07, 6.45) is 2.39. The van der Waals surface area contributed by atoms with Crippen molar-refractivity contribution in [1.29, 1.82) is 0 Å². The van der Waals surface area contributed by atoms with Crippen molar-refractivity contribution in [2.75, 3.05) is 47.6 Å². The van der Waals surface area contributed by atoms with Crippen LogP contribution in [0.4, 0.5) is 76.0 Å². The Morgan fingerprint density at radius 1 is 0.423 bits per heavy atom. The van der Waals surface area contributed by atoms with Gasteiger partial charge in [-0.25, -0.2) is 79.4 Å². The minimum Gasteiger partial charge on any atom is -0.376 e. The Kier molecular flexibility index (Phi) is 28.6. The van der Waals surface area contributed by atoms with E-state index < -0.39 is 89.3 Å². The number of nitrogens with one attached hydrogen (secondary N) is 4. The normalized spacial score (nSPS) is 14.6.